The van der Waals surface area contributed by atoms with Gasteiger partial charge in [0.15, 0.2) is 0 Å². The van der Waals surface area contributed by atoms with E-state index >= 15 is 0 Å². The van der Waals surface area contributed by atoms with Crippen molar-refractivity contribution in [3.8, 4) is 5.75 Å². The SMILES string of the molecule is Cc1cc(C)c(OCC(O)C[NH+]2C[C@H]3C[C@H](C2)c2cccc(=O)n2C3)c(C)c1. The van der Waals surface area contributed by atoms with E-state index < -0.39 is 6.10 Å². The molecule has 1 aromatic carbocycles. The van der Waals surface area contributed by atoms with E-state index in [1.807, 2.05) is 10.6 Å². The molecule has 0 aliphatic carbocycles. The lowest BCUT2D eigenvalue weighted by molar-refractivity contribution is -0.914. The third kappa shape index (κ3) is 3.87. The Kier molecular flexibility index (Phi) is 5.30. The van der Waals surface area contributed by atoms with Crippen molar-refractivity contribution >= 4 is 0 Å². The van der Waals surface area contributed by atoms with Gasteiger partial charge in [-0.3, -0.25) is 4.79 Å². The average molecular weight is 384 g/mol. The van der Waals surface area contributed by atoms with E-state index in [0.717, 1.165) is 48.6 Å². The first-order valence-electron chi connectivity index (χ1n) is 10.3. The van der Waals surface area contributed by atoms with Gasteiger partial charge in [-0.25, -0.2) is 0 Å². The van der Waals surface area contributed by atoms with E-state index in [0.29, 0.717) is 25.0 Å². The highest BCUT2D eigenvalue weighted by molar-refractivity contribution is 5.42. The van der Waals surface area contributed by atoms with Gasteiger partial charge in [0.1, 0.15) is 25.0 Å². The van der Waals surface area contributed by atoms with Crippen molar-refractivity contribution in [1.82, 2.24) is 4.57 Å². The van der Waals surface area contributed by atoms with Gasteiger partial charge < -0.3 is 19.3 Å². The van der Waals surface area contributed by atoms with Crippen molar-refractivity contribution in [1.29, 1.82) is 0 Å². The monoisotopic (exact) mass is 383 g/mol. The molecule has 0 radical (unpaired) electrons. The molecule has 2 aliphatic heterocycles. The van der Waals surface area contributed by atoms with Gasteiger partial charge in [-0.15, -0.1) is 0 Å². The number of ether oxygens (including phenoxy) is 1. The second-order valence-electron chi connectivity index (χ2n) is 8.75. The van der Waals surface area contributed by atoms with E-state index in [4.69, 9.17) is 4.74 Å². The molecule has 2 unspecified atom stereocenters. The lowest BCUT2D eigenvalue weighted by Crippen LogP contribution is -3.15. The zero-order valence-corrected chi connectivity index (χ0v) is 17.1. The maximum absolute atomic E-state index is 12.1. The standard InChI is InChI=1S/C23H30N2O3/c1-15-7-16(2)23(17(3)8-15)28-14-20(26)13-24-10-18-9-19(12-24)21-5-4-6-22(27)25(21)11-18/h4-8,18-20,26H,9-14H2,1-3H3/p+1/t18-,19-,20?/m1/s1. The van der Waals surface area contributed by atoms with Crippen molar-refractivity contribution in [2.45, 2.75) is 45.8 Å². The average Bonchev–Trinajstić information content (AvgIpc) is 2.61. The number of rotatable bonds is 5. The molecular formula is C23H31N2O3+. The Morgan fingerprint density at radius 2 is 1.96 bits per heavy atom. The lowest BCUT2D eigenvalue weighted by atomic mass is 9.83. The summed E-state index contributed by atoms with van der Waals surface area (Å²) in [6, 6.07) is 9.85. The van der Waals surface area contributed by atoms with Crippen LogP contribution in [-0.4, -0.2) is 42.0 Å². The number of nitrogens with one attached hydrogen (secondary N) is 1. The highest BCUT2D eigenvalue weighted by Crippen LogP contribution is 2.30. The van der Waals surface area contributed by atoms with Crippen LogP contribution in [0.4, 0.5) is 0 Å². The number of quaternary nitrogens is 1. The molecule has 2 aromatic rings. The van der Waals surface area contributed by atoms with Gasteiger partial charge >= 0.3 is 0 Å². The second kappa shape index (κ2) is 7.72. The zero-order valence-electron chi connectivity index (χ0n) is 17.1. The molecule has 0 spiro atoms. The molecule has 5 heteroatoms. The van der Waals surface area contributed by atoms with Gasteiger partial charge in [0.05, 0.1) is 13.1 Å². The van der Waals surface area contributed by atoms with Crippen LogP contribution in [0.3, 0.4) is 0 Å². The third-order valence-electron chi connectivity index (χ3n) is 6.22. The molecule has 1 saturated heterocycles. The molecule has 2 aliphatic rings. The molecule has 150 valence electrons. The minimum atomic E-state index is -0.494. The van der Waals surface area contributed by atoms with Crippen LogP contribution < -0.4 is 15.2 Å². The number of pyridine rings is 1. The molecule has 1 aromatic heterocycles. The van der Waals surface area contributed by atoms with Gasteiger partial charge in [-0.1, -0.05) is 23.8 Å². The minimum absolute atomic E-state index is 0.118. The fraction of sp³-hybridized carbons (Fsp3) is 0.522. The summed E-state index contributed by atoms with van der Waals surface area (Å²) in [4.78, 5) is 13.6. The summed E-state index contributed by atoms with van der Waals surface area (Å²) >= 11 is 0. The van der Waals surface area contributed by atoms with Crippen LogP contribution in [-0.2, 0) is 6.54 Å². The van der Waals surface area contributed by atoms with E-state index in [-0.39, 0.29) is 5.56 Å². The number of hydrogen-bond acceptors (Lipinski definition) is 3. The number of aromatic nitrogens is 1. The van der Waals surface area contributed by atoms with E-state index in [1.165, 1.54) is 10.5 Å². The van der Waals surface area contributed by atoms with Crippen molar-refractivity contribution in [3.63, 3.8) is 0 Å². The van der Waals surface area contributed by atoms with E-state index in [9.17, 15) is 9.90 Å². The number of nitrogens with zero attached hydrogens (tertiary/aromatic N) is 1. The number of aryl methyl sites for hydroxylation is 3. The number of aliphatic hydroxyl groups excluding tert-OH is 1. The molecule has 0 saturated carbocycles. The van der Waals surface area contributed by atoms with Crippen molar-refractivity contribution in [3.05, 3.63) is 63.1 Å². The summed E-state index contributed by atoms with van der Waals surface area (Å²) in [5, 5.41) is 10.6. The first kappa shape index (κ1) is 19.2. The second-order valence-corrected chi connectivity index (χ2v) is 8.75. The van der Waals surface area contributed by atoms with Crippen LogP contribution in [0.1, 0.15) is 34.7 Å². The van der Waals surface area contributed by atoms with Crippen LogP contribution in [0.2, 0.25) is 0 Å². The summed E-state index contributed by atoms with van der Waals surface area (Å²) in [6.07, 6.45) is 0.660. The first-order chi connectivity index (χ1) is 13.4. The topological polar surface area (TPSA) is 55.9 Å². The predicted octanol–water partition coefficient (Wildman–Crippen LogP) is 1.22. The Hall–Kier alpha value is -2.11. The summed E-state index contributed by atoms with van der Waals surface area (Å²) in [5.74, 6) is 1.81. The van der Waals surface area contributed by atoms with Gasteiger partial charge in [-0.05, 0) is 44.4 Å². The molecule has 5 nitrogen and oxygen atoms in total. The van der Waals surface area contributed by atoms with Crippen LogP contribution in [0.15, 0.2) is 35.1 Å². The van der Waals surface area contributed by atoms with Crippen molar-refractivity contribution in [2.24, 2.45) is 5.92 Å². The maximum Gasteiger partial charge on any atom is 0.250 e. The Bertz CT molecular complexity index is 897. The molecule has 2 N–H and O–H groups in total. The Morgan fingerprint density at radius 1 is 1.21 bits per heavy atom. The Morgan fingerprint density at radius 3 is 2.71 bits per heavy atom. The molecule has 28 heavy (non-hydrogen) atoms. The van der Waals surface area contributed by atoms with E-state index in [1.54, 1.807) is 6.07 Å². The fourth-order valence-corrected chi connectivity index (χ4v) is 5.25. The summed E-state index contributed by atoms with van der Waals surface area (Å²) in [7, 11) is 0. The van der Waals surface area contributed by atoms with Crippen LogP contribution in [0.5, 0.6) is 5.75 Å². The zero-order chi connectivity index (χ0) is 19.8. The molecular weight excluding hydrogens is 352 g/mol. The van der Waals surface area contributed by atoms with Gasteiger partial charge in [0, 0.05) is 30.1 Å². The number of fused-ring (bicyclic) bond motifs is 4. The number of hydrogen-bond donors (Lipinski definition) is 2. The van der Waals surface area contributed by atoms with Crippen LogP contribution in [0, 0.1) is 26.7 Å². The maximum atomic E-state index is 12.1. The highest BCUT2D eigenvalue weighted by atomic mass is 16.5. The van der Waals surface area contributed by atoms with Crippen LogP contribution >= 0.6 is 0 Å². The quantitative estimate of drug-likeness (QED) is 0.816. The minimum Gasteiger partial charge on any atom is -0.490 e. The Labute approximate surface area is 166 Å². The summed E-state index contributed by atoms with van der Waals surface area (Å²) < 4.78 is 7.94. The Balaban J connectivity index is 1.37. The predicted molar refractivity (Wildman–Crippen MR) is 109 cm³/mol. The molecule has 2 bridgehead atoms. The van der Waals surface area contributed by atoms with Gasteiger partial charge in [-0.2, -0.15) is 0 Å². The number of likely N-dealkylation sites (tertiary alicyclic amines) is 1. The molecule has 0 amide bonds. The number of benzene rings is 1. The number of piperidine rings is 1. The van der Waals surface area contributed by atoms with E-state index in [2.05, 4.69) is 39.0 Å². The lowest BCUT2D eigenvalue weighted by Gasteiger charge is -2.40. The molecule has 1 fully saturated rings. The summed E-state index contributed by atoms with van der Waals surface area (Å²) in [5.41, 5.74) is 4.75. The third-order valence-corrected chi connectivity index (χ3v) is 6.22. The smallest absolute Gasteiger partial charge is 0.250 e. The largest absolute Gasteiger partial charge is 0.490 e. The van der Waals surface area contributed by atoms with Gasteiger partial charge in [0.25, 0.3) is 5.56 Å². The molecule has 4 rings (SSSR count). The highest BCUT2D eigenvalue weighted by Gasteiger charge is 2.37. The van der Waals surface area contributed by atoms with Gasteiger partial charge in [0.2, 0.25) is 0 Å². The van der Waals surface area contributed by atoms with Crippen molar-refractivity contribution in [2.75, 3.05) is 26.2 Å². The molecule has 4 atom stereocenters. The van der Waals surface area contributed by atoms with Crippen LogP contribution in [0.25, 0.3) is 0 Å². The number of aliphatic hydroxyl groups is 1. The molecule has 3 heterocycles. The first-order valence-corrected chi connectivity index (χ1v) is 10.3. The summed E-state index contributed by atoms with van der Waals surface area (Å²) in [6.45, 7) is 9.99. The fourth-order valence-electron chi connectivity index (χ4n) is 5.25. The van der Waals surface area contributed by atoms with Crippen molar-refractivity contribution < 1.29 is 14.7 Å². The normalized spacial score (nSPS) is 24.5.